The fourth-order valence-electron chi connectivity index (χ4n) is 2.48. The number of carbonyl (C=O) groups excluding carboxylic acids is 2. The topological polar surface area (TPSA) is 67.4 Å². The smallest absolute Gasteiger partial charge is 0.265 e. The van der Waals surface area contributed by atoms with Crippen LogP contribution in [0, 0.1) is 5.82 Å². The highest BCUT2D eigenvalue weighted by molar-refractivity contribution is 6.04. The Kier molecular flexibility index (Phi) is 7.79. The van der Waals surface area contributed by atoms with Crippen molar-refractivity contribution in [3.05, 3.63) is 59.9 Å². The van der Waals surface area contributed by atoms with Crippen molar-refractivity contribution in [2.24, 2.45) is 0 Å². The van der Waals surface area contributed by atoms with Gasteiger partial charge in [0, 0.05) is 6.54 Å². The third kappa shape index (κ3) is 6.09. The lowest BCUT2D eigenvalue weighted by Gasteiger charge is -2.18. The van der Waals surface area contributed by atoms with Crippen molar-refractivity contribution >= 4 is 17.5 Å². The summed E-state index contributed by atoms with van der Waals surface area (Å²) < 4.78 is 18.7. The molecule has 144 valence electrons. The number of rotatable bonds is 9. The Morgan fingerprint density at radius 1 is 1.07 bits per heavy atom. The van der Waals surface area contributed by atoms with E-state index in [-0.39, 0.29) is 17.6 Å². The molecule has 0 aliphatic carbocycles. The maximum Gasteiger partial charge on any atom is 0.265 e. The molecular weight excluding hydrogens is 347 g/mol. The number of unbranched alkanes of at least 4 members (excludes halogenated alkanes) is 1. The van der Waals surface area contributed by atoms with Crippen LogP contribution in [0.25, 0.3) is 0 Å². The summed E-state index contributed by atoms with van der Waals surface area (Å²) in [6, 6.07) is 12.3. The fraction of sp³-hybridized carbons (Fsp3) is 0.333. The quantitative estimate of drug-likeness (QED) is 0.650. The van der Waals surface area contributed by atoms with Crippen LogP contribution >= 0.6 is 0 Å². The van der Waals surface area contributed by atoms with Crippen LogP contribution in [0.2, 0.25) is 0 Å². The molecule has 2 amide bonds. The van der Waals surface area contributed by atoms with Gasteiger partial charge in [0.15, 0.2) is 6.10 Å². The van der Waals surface area contributed by atoms with E-state index in [4.69, 9.17) is 4.74 Å². The number of ether oxygens (including phenoxy) is 1. The van der Waals surface area contributed by atoms with E-state index in [9.17, 15) is 14.0 Å². The summed E-state index contributed by atoms with van der Waals surface area (Å²) in [6.07, 6.45) is 1.54. The maximum absolute atomic E-state index is 13.0. The number of para-hydroxylation sites is 1. The summed E-state index contributed by atoms with van der Waals surface area (Å²) in [5.74, 6) is -0.561. The molecule has 0 aliphatic heterocycles. The molecule has 0 saturated carbocycles. The highest BCUT2D eigenvalue weighted by Gasteiger charge is 2.21. The number of hydrogen-bond donors (Lipinski definition) is 2. The molecule has 0 heterocycles. The van der Waals surface area contributed by atoms with Gasteiger partial charge in [-0.1, -0.05) is 32.4 Å². The largest absolute Gasteiger partial charge is 0.481 e. The molecule has 0 spiro atoms. The summed E-state index contributed by atoms with van der Waals surface area (Å²) in [5, 5.41) is 5.61. The van der Waals surface area contributed by atoms with Crippen LogP contribution < -0.4 is 15.4 Å². The Labute approximate surface area is 158 Å². The van der Waals surface area contributed by atoms with Crippen molar-refractivity contribution in [2.75, 3.05) is 11.9 Å². The Balaban J connectivity index is 2.07. The van der Waals surface area contributed by atoms with Crippen molar-refractivity contribution < 1.29 is 18.7 Å². The normalized spacial score (nSPS) is 11.5. The second-order valence-corrected chi connectivity index (χ2v) is 6.11. The van der Waals surface area contributed by atoms with Gasteiger partial charge in [-0.3, -0.25) is 9.59 Å². The van der Waals surface area contributed by atoms with Crippen molar-refractivity contribution in [3.8, 4) is 5.75 Å². The molecule has 0 bridgehead atoms. The highest BCUT2D eigenvalue weighted by atomic mass is 19.1. The molecule has 1 atom stereocenters. The van der Waals surface area contributed by atoms with E-state index in [0.29, 0.717) is 30.0 Å². The average Bonchev–Trinajstić information content (AvgIpc) is 2.68. The number of carbonyl (C=O) groups is 2. The van der Waals surface area contributed by atoms with Crippen LogP contribution in [-0.4, -0.2) is 24.5 Å². The number of nitrogens with one attached hydrogen (secondary N) is 2. The molecule has 2 aromatic rings. The zero-order chi connectivity index (χ0) is 19.6. The van der Waals surface area contributed by atoms with Crippen LogP contribution in [0.4, 0.5) is 10.1 Å². The number of anilines is 1. The van der Waals surface area contributed by atoms with E-state index in [1.54, 1.807) is 24.3 Å². The molecule has 0 fully saturated rings. The third-order valence-corrected chi connectivity index (χ3v) is 4.00. The van der Waals surface area contributed by atoms with Gasteiger partial charge < -0.3 is 15.4 Å². The first-order valence-electron chi connectivity index (χ1n) is 9.15. The average molecular weight is 372 g/mol. The van der Waals surface area contributed by atoms with E-state index in [1.807, 2.05) is 13.8 Å². The van der Waals surface area contributed by atoms with Crippen LogP contribution in [0.5, 0.6) is 5.75 Å². The van der Waals surface area contributed by atoms with Gasteiger partial charge in [-0.05, 0) is 49.2 Å². The minimum atomic E-state index is -0.758. The Morgan fingerprint density at radius 2 is 1.78 bits per heavy atom. The Hall–Kier alpha value is -2.89. The highest BCUT2D eigenvalue weighted by Crippen LogP contribution is 2.18. The van der Waals surface area contributed by atoms with Gasteiger partial charge in [-0.25, -0.2) is 4.39 Å². The van der Waals surface area contributed by atoms with E-state index < -0.39 is 6.10 Å². The van der Waals surface area contributed by atoms with E-state index in [0.717, 1.165) is 12.8 Å². The van der Waals surface area contributed by atoms with Crippen LogP contribution in [-0.2, 0) is 4.79 Å². The number of benzene rings is 2. The van der Waals surface area contributed by atoms with Crippen molar-refractivity contribution in [2.45, 2.75) is 39.2 Å². The molecule has 0 radical (unpaired) electrons. The van der Waals surface area contributed by atoms with Gasteiger partial charge >= 0.3 is 0 Å². The van der Waals surface area contributed by atoms with Gasteiger partial charge in [0.25, 0.3) is 11.8 Å². The molecule has 2 aromatic carbocycles. The van der Waals surface area contributed by atoms with Crippen LogP contribution in [0.3, 0.4) is 0 Å². The summed E-state index contributed by atoms with van der Waals surface area (Å²) in [5.41, 5.74) is 0.830. The van der Waals surface area contributed by atoms with Crippen LogP contribution in [0.1, 0.15) is 43.5 Å². The summed E-state index contributed by atoms with van der Waals surface area (Å²) in [7, 11) is 0. The van der Waals surface area contributed by atoms with Gasteiger partial charge in [-0.15, -0.1) is 0 Å². The first kappa shape index (κ1) is 20.4. The SMILES string of the molecule is CCCCNC(=O)c1ccccc1NC(=O)[C@H](CC)Oc1ccc(F)cc1. The predicted octanol–water partition coefficient (Wildman–Crippen LogP) is 4.15. The van der Waals surface area contributed by atoms with Crippen molar-refractivity contribution in [1.82, 2.24) is 5.32 Å². The van der Waals surface area contributed by atoms with E-state index >= 15 is 0 Å². The number of hydrogen-bond acceptors (Lipinski definition) is 3. The maximum atomic E-state index is 13.0. The molecule has 0 saturated heterocycles. The minimum Gasteiger partial charge on any atom is -0.481 e. The van der Waals surface area contributed by atoms with Gasteiger partial charge in [0.05, 0.1) is 11.3 Å². The summed E-state index contributed by atoms with van der Waals surface area (Å²) >= 11 is 0. The summed E-state index contributed by atoms with van der Waals surface area (Å²) in [4.78, 5) is 25.0. The zero-order valence-electron chi connectivity index (χ0n) is 15.6. The second-order valence-electron chi connectivity index (χ2n) is 6.11. The zero-order valence-corrected chi connectivity index (χ0v) is 15.6. The molecule has 6 heteroatoms. The van der Waals surface area contributed by atoms with Crippen molar-refractivity contribution in [3.63, 3.8) is 0 Å². The number of amides is 2. The molecule has 27 heavy (non-hydrogen) atoms. The molecule has 0 aromatic heterocycles. The Bertz CT molecular complexity index is 762. The first-order chi connectivity index (χ1) is 13.0. The molecular formula is C21H25FN2O3. The van der Waals surface area contributed by atoms with E-state index in [1.165, 1.54) is 24.3 Å². The molecule has 0 aliphatic rings. The lowest BCUT2D eigenvalue weighted by atomic mass is 10.1. The molecule has 5 nitrogen and oxygen atoms in total. The lowest BCUT2D eigenvalue weighted by Crippen LogP contribution is -2.33. The minimum absolute atomic E-state index is 0.230. The predicted molar refractivity (Wildman–Crippen MR) is 103 cm³/mol. The first-order valence-corrected chi connectivity index (χ1v) is 9.15. The third-order valence-electron chi connectivity index (χ3n) is 4.00. The van der Waals surface area contributed by atoms with Crippen molar-refractivity contribution in [1.29, 1.82) is 0 Å². The van der Waals surface area contributed by atoms with Crippen LogP contribution in [0.15, 0.2) is 48.5 Å². The van der Waals surface area contributed by atoms with Gasteiger partial charge in [0.1, 0.15) is 11.6 Å². The summed E-state index contributed by atoms with van der Waals surface area (Å²) in [6.45, 7) is 4.45. The molecule has 2 rings (SSSR count). The van der Waals surface area contributed by atoms with Gasteiger partial charge in [0.2, 0.25) is 0 Å². The van der Waals surface area contributed by atoms with Gasteiger partial charge in [-0.2, -0.15) is 0 Å². The monoisotopic (exact) mass is 372 g/mol. The molecule has 0 unspecified atom stereocenters. The molecule has 2 N–H and O–H groups in total. The fourth-order valence-corrected chi connectivity index (χ4v) is 2.48. The van der Waals surface area contributed by atoms with E-state index in [2.05, 4.69) is 10.6 Å². The number of halogens is 1. The standard InChI is InChI=1S/C21H25FN2O3/c1-3-5-14-23-20(25)17-8-6-7-9-18(17)24-21(26)19(4-2)27-16-12-10-15(22)11-13-16/h6-13,19H,3-5,14H2,1-2H3,(H,23,25)(H,24,26)/t19-/m0/s1. The Morgan fingerprint density at radius 3 is 2.44 bits per heavy atom. The lowest BCUT2D eigenvalue weighted by molar-refractivity contribution is -0.122. The second kappa shape index (κ2) is 10.3.